The number of amides is 1. The lowest BCUT2D eigenvalue weighted by atomic mass is 10.4. The molecule has 1 aromatic rings. The molecule has 0 spiro atoms. The summed E-state index contributed by atoms with van der Waals surface area (Å²) in [5.74, 6) is -0.0940. The zero-order valence-electron chi connectivity index (χ0n) is 7.47. The van der Waals surface area contributed by atoms with Gasteiger partial charge < -0.3 is 10.6 Å². The monoisotopic (exact) mass is 321 g/mol. The average molecular weight is 323 g/mol. The number of hydrogen-bond acceptors (Lipinski definition) is 3. The van der Waals surface area contributed by atoms with Crippen molar-refractivity contribution in [3.63, 3.8) is 0 Å². The van der Waals surface area contributed by atoms with E-state index < -0.39 is 0 Å². The van der Waals surface area contributed by atoms with Crippen LogP contribution in [-0.2, 0) is 4.79 Å². The molecule has 2 N–H and O–H groups in total. The number of likely N-dealkylation sites (N-methyl/N-ethyl adjacent to an activating group) is 1. The van der Waals surface area contributed by atoms with Gasteiger partial charge in [-0.25, -0.2) is 4.98 Å². The second-order valence-electron chi connectivity index (χ2n) is 2.58. The van der Waals surface area contributed by atoms with E-state index in [-0.39, 0.29) is 12.5 Å². The van der Waals surface area contributed by atoms with Crippen LogP contribution < -0.4 is 10.6 Å². The molecule has 0 unspecified atom stereocenters. The van der Waals surface area contributed by atoms with Crippen molar-refractivity contribution in [3.8, 4) is 0 Å². The van der Waals surface area contributed by atoms with E-state index in [1.54, 1.807) is 19.3 Å². The summed E-state index contributed by atoms with van der Waals surface area (Å²) >= 11 is 6.54. The van der Waals surface area contributed by atoms with Crippen LogP contribution in [0.1, 0.15) is 0 Å². The van der Waals surface area contributed by atoms with Gasteiger partial charge in [0.1, 0.15) is 4.60 Å². The van der Waals surface area contributed by atoms with Gasteiger partial charge in [0, 0.05) is 0 Å². The molecule has 6 heteroatoms. The van der Waals surface area contributed by atoms with Crippen molar-refractivity contribution in [2.24, 2.45) is 0 Å². The zero-order chi connectivity index (χ0) is 10.6. The Hall–Kier alpha value is -0.460. The topological polar surface area (TPSA) is 54.0 Å². The molecule has 1 aromatic heterocycles. The van der Waals surface area contributed by atoms with Crippen molar-refractivity contribution in [1.29, 1.82) is 0 Å². The smallest absolute Gasteiger partial charge is 0.238 e. The fourth-order valence-electron chi connectivity index (χ4n) is 0.855. The van der Waals surface area contributed by atoms with Crippen LogP contribution in [0, 0.1) is 0 Å². The van der Waals surface area contributed by atoms with Crippen molar-refractivity contribution in [1.82, 2.24) is 10.3 Å². The van der Waals surface area contributed by atoms with Gasteiger partial charge in [0.15, 0.2) is 0 Å². The molecule has 4 nitrogen and oxygen atoms in total. The van der Waals surface area contributed by atoms with E-state index in [0.29, 0.717) is 10.3 Å². The Labute approximate surface area is 98.7 Å². The molecule has 0 saturated carbocycles. The number of nitrogens with zero attached hydrogens (tertiary/aromatic N) is 1. The number of carbonyl (C=O) groups is 1. The lowest BCUT2D eigenvalue weighted by molar-refractivity contribution is -0.115. The number of anilines is 1. The molecule has 0 bridgehead atoms. The number of halogens is 2. The summed E-state index contributed by atoms with van der Waals surface area (Å²) in [7, 11) is 1.72. The summed E-state index contributed by atoms with van der Waals surface area (Å²) in [5, 5.41) is 5.46. The molecular weight excluding hydrogens is 314 g/mol. The second kappa shape index (κ2) is 5.43. The Kier molecular flexibility index (Phi) is 4.50. The minimum absolute atomic E-state index is 0.0940. The molecule has 1 amide bonds. The first-order valence-electron chi connectivity index (χ1n) is 3.89. The highest BCUT2D eigenvalue weighted by molar-refractivity contribution is 9.13. The van der Waals surface area contributed by atoms with E-state index in [9.17, 15) is 4.79 Å². The summed E-state index contributed by atoms with van der Waals surface area (Å²) in [4.78, 5) is 15.2. The molecule has 0 radical (unpaired) electrons. The Bertz CT molecular complexity index is 343. The van der Waals surface area contributed by atoms with Gasteiger partial charge in [-0.2, -0.15) is 0 Å². The molecule has 1 rings (SSSR count). The first kappa shape index (κ1) is 11.6. The molecular formula is C8H9Br2N3O. The highest BCUT2D eigenvalue weighted by Gasteiger charge is 2.03. The Morgan fingerprint density at radius 3 is 2.86 bits per heavy atom. The molecule has 0 aliphatic rings. The van der Waals surface area contributed by atoms with Gasteiger partial charge in [0.2, 0.25) is 5.91 Å². The van der Waals surface area contributed by atoms with Crippen LogP contribution in [0.15, 0.2) is 21.3 Å². The number of pyridine rings is 1. The summed E-state index contributed by atoms with van der Waals surface area (Å²) in [6.45, 7) is 0.285. The number of aromatic nitrogens is 1. The van der Waals surface area contributed by atoms with Gasteiger partial charge in [0.25, 0.3) is 0 Å². The average Bonchev–Trinajstić information content (AvgIpc) is 2.12. The van der Waals surface area contributed by atoms with Crippen LogP contribution in [0.2, 0.25) is 0 Å². The maximum absolute atomic E-state index is 11.2. The molecule has 0 aliphatic carbocycles. The van der Waals surface area contributed by atoms with Crippen molar-refractivity contribution >= 4 is 43.5 Å². The van der Waals surface area contributed by atoms with E-state index in [2.05, 4.69) is 47.5 Å². The third-order valence-corrected chi connectivity index (χ3v) is 3.19. The number of nitrogens with one attached hydrogen (secondary N) is 2. The van der Waals surface area contributed by atoms with E-state index in [0.717, 1.165) is 4.47 Å². The van der Waals surface area contributed by atoms with Crippen LogP contribution >= 0.6 is 31.9 Å². The molecule has 0 aromatic carbocycles. The van der Waals surface area contributed by atoms with Crippen molar-refractivity contribution in [3.05, 3.63) is 21.3 Å². The van der Waals surface area contributed by atoms with Gasteiger partial charge in [-0.3, -0.25) is 4.79 Å². The fraction of sp³-hybridized carbons (Fsp3) is 0.250. The highest BCUT2D eigenvalue weighted by atomic mass is 79.9. The van der Waals surface area contributed by atoms with E-state index in [4.69, 9.17) is 0 Å². The molecule has 0 fully saturated rings. The molecule has 76 valence electrons. The van der Waals surface area contributed by atoms with E-state index in [1.165, 1.54) is 0 Å². The van der Waals surface area contributed by atoms with Gasteiger partial charge in [-0.05, 0) is 45.0 Å². The minimum Gasteiger partial charge on any atom is -0.324 e. The lowest BCUT2D eigenvalue weighted by Crippen LogP contribution is -2.25. The van der Waals surface area contributed by atoms with Crippen LogP contribution in [0.4, 0.5) is 5.69 Å². The van der Waals surface area contributed by atoms with Gasteiger partial charge in [-0.15, -0.1) is 0 Å². The van der Waals surface area contributed by atoms with Crippen molar-refractivity contribution in [2.45, 2.75) is 0 Å². The maximum atomic E-state index is 11.2. The highest BCUT2D eigenvalue weighted by Crippen LogP contribution is 2.23. The Morgan fingerprint density at radius 2 is 2.29 bits per heavy atom. The minimum atomic E-state index is -0.0940. The second-order valence-corrected chi connectivity index (χ2v) is 4.18. The quantitative estimate of drug-likeness (QED) is 0.834. The summed E-state index contributed by atoms with van der Waals surface area (Å²) in [6, 6.07) is 1.78. The summed E-state index contributed by atoms with van der Waals surface area (Å²) in [6.07, 6.45) is 1.59. The molecule has 0 atom stereocenters. The SMILES string of the molecule is CNCC(=O)Nc1cnc(Br)c(Br)c1. The van der Waals surface area contributed by atoms with Crippen LogP contribution in [0.5, 0.6) is 0 Å². The van der Waals surface area contributed by atoms with E-state index >= 15 is 0 Å². The normalized spacial score (nSPS) is 9.93. The van der Waals surface area contributed by atoms with E-state index in [1.807, 2.05) is 0 Å². The molecule has 0 aliphatic heterocycles. The van der Waals surface area contributed by atoms with Crippen molar-refractivity contribution in [2.75, 3.05) is 18.9 Å². The van der Waals surface area contributed by atoms with Crippen LogP contribution in [-0.4, -0.2) is 24.5 Å². The fourth-order valence-corrected chi connectivity index (χ4v) is 1.42. The predicted molar refractivity (Wildman–Crippen MR) is 62.2 cm³/mol. The largest absolute Gasteiger partial charge is 0.324 e. The van der Waals surface area contributed by atoms with Crippen LogP contribution in [0.25, 0.3) is 0 Å². The summed E-state index contributed by atoms with van der Waals surface area (Å²) < 4.78 is 1.52. The molecule has 1 heterocycles. The summed E-state index contributed by atoms with van der Waals surface area (Å²) in [5.41, 5.74) is 0.667. The first-order valence-corrected chi connectivity index (χ1v) is 5.47. The lowest BCUT2D eigenvalue weighted by Gasteiger charge is -2.04. The molecule has 14 heavy (non-hydrogen) atoms. The first-order chi connectivity index (χ1) is 6.63. The number of hydrogen-bond donors (Lipinski definition) is 2. The third kappa shape index (κ3) is 3.36. The Morgan fingerprint density at radius 1 is 1.57 bits per heavy atom. The maximum Gasteiger partial charge on any atom is 0.238 e. The molecule has 0 saturated heterocycles. The van der Waals surface area contributed by atoms with Crippen molar-refractivity contribution < 1.29 is 4.79 Å². The number of carbonyl (C=O) groups excluding carboxylic acids is 1. The zero-order valence-corrected chi connectivity index (χ0v) is 10.6. The van der Waals surface area contributed by atoms with Gasteiger partial charge in [0.05, 0.1) is 22.9 Å². The standard InChI is InChI=1S/C8H9Br2N3O/c1-11-4-7(14)13-5-2-6(9)8(10)12-3-5/h2-3,11H,4H2,1H3,(H,13,14). The van der Waals surface area contributed by atoms with Gasteiger partial charge >= 0.3 is 0 Å². The third-order valence-electron chi connectivity index (χ3n) is 1.42. The van der Waals surface area contributed by atoms with Gasteiger partial charge in [-0.1, -0.05) is 0 Å². The predicted octanol–water partition coefficient (Wildman–Crippen LogP) is 1.76. The number of rotatable bonds is 3. The van der Waals surface area contributed by atoms with Crippen LogP contribution in [0.3, 0.4) is 0 Å². The Balaban J connectivity index is 2.68.